The Morgan fingerprint density at radius 1 is 1.00 bits per heavy atom. The first-order chi connectivity index (χ1) is 15.7. The van der Waals surface area contributed by atoms with Gasteiger partial charge in [-0.25, -0.2) is 13.8 Å². The predicted molar refractivity (Wildman–Crippen MR) is 132 cm³/mol. The Morgan fingerprint density at radius 2 is 1.64 bits per heavy atom. The van der Waals surface area contributed by atoms with Crippen molar-refractivity contribution in [2.45, 2.75) is 18.4 Å². The summed E-state index contributed by atoms with van der Waals surface area (Å²) in [4.78, 5) is 12.7. The fourth-order valence-electron chi connectivity index (χ4n) is 2.92. The number of sulfonamides is 1. The maximum absolute atomic E-state index is 13.3. The topological polar surface area (TPSA) is 78.8 Å². The zero-order valence-corrected chi connectivity index (χ0v) is 20.6. The lowest BCUT2D eigenvalue weighted by molar-refractivity contribution is -0.121. The van der Waals surface area contributed by atoms with Crippen LogP contribution in [-0.2, 0) is 21.4 Å². The number of carbonyl (C=O) groups excluding carboxylic acids is 1. The zero-order valence-electron chi connectivity index (χ0n) is 17.5. The smallest absolute Gasteiger partial charge is 0.255 e. The van der Waals surface area contributed by atoms with Crippen molar-refractivity contribution in [3.63, 3.8) is 0 Å². The van der Waals surface area contributed by atoms with Gasteiger partial charge in [0.05, 0.1) is 27.7 Å². The number of benzene rings is 3. The SMILES string of the molecule is Cc1ccc(S(=O)(=O)N(CC(=O)N/N=C\c2c(Cl)cccc2Cl)Cc2cccc(Cl)c2)cc1. The molecule has 0 fully saturated rings. The number of hydrogen-bond acceptors (Lipinski definition) is 4. The highest BCUT2D eigenvalue weighted by molar-refractivity contribution is 7.89. The normalized spacial score (nSPS) is 11.8. The van der Waals surface area contributed by atoms with Crippen molar-refractivity contribution in [3.8, 4) is 0 Å². The van der Waals surface area contributed by atoms with Crippen molar-refractivity contribution in [2.75, 3.05) is 6.54 Å². The molecule has 10 heteroatoms. The van der Waals surface area contributed by atoms with Crippen LogP contribution in [0.3, 0.4) is 0 Å². The third-order valence-corrected chi connectivity index (χ3v) is 7.31. The number of hydrogen-bond donors (Lipinski definition) is 1. The number of nitrogens with one attached hydrogen (secondary N) is 1. The van der Waals surface area contributed by atoms with E-state index in [0.717, 1.165) is 9.87 Å². The highest BCUT2D eigenvalue weighted by atomic mass is 35.5. The molecule has 0 radical (unpaired) electrons. The molecule has 0 atom stereocenters. The average molecular weight is 525 g/mol. The number of rotatable bonds is 8. The molecule has 0 aliphatic heterocycles. The van der Waals surface area contributed by atoms with Crippen LogP contribution in [0, 0.1) is 6.92 Å². The quantitative estimate of drug-likeness (QED) is 0.321. The third kappa shape index (κ3) is 6.79. The lowest BCUT2D eigenvalue weighted by Gasteiger charge is -2.21. The van der Waals surface area contributed by atoms with Gasteiger partial charge in [-0.05, 0) is 48.9 Å². The summed E-state index contributed by atoms with van der Waals surface area (Å²) < 4.78 is 27.7. The maximum Gasteiger partial charge on any atom is 0.255 e. The van der Waals surface area contributed by atoms with Crippen molar-refractivity contribution in [1.82, 2.24) is 9.73 Å². The summed E-state index contributed by atoms with van der Waals surface area (Å²) in [5, 5.41) is 5.06. The van der Waals surface area contributed by atoms with Gasteiger partial charge in [0.1, 0.15) is 0 Å². The van der Waals surface area contributed by atoms with Crippen LogP contribution in [0.1, 0.15) is 16.7 Å². The number of carbonyl (C=O) groups is 1. The van der Waals surface area contributed by atoms with Crippen molar-refractivity contribution in [3.05, 3.63) is 98.5 Å². The molecule has 0 spiro atoms. The van der Waals surface area contributed by atoms with E-state index in [2.05, 4.69) is 10.5 Å². The maximum atomic E-state index is 13.3. The van der Waals surface area contributed by atoms with Gasteiger partial charge in [0.2, 0.25) is 10.0 Å². The van der Waals surface area contributed by atoms with E-state index in [9.17, 15) is 13.2 Å². The van der Waals surface area contributed by atoms with E-state index in [4.69, 9.17) is 34.8 Å². The molecule has 0 aromatic heterocycles. The van der Waals surface area contributed by atoms with Crippen molar-refractivity contribution in [2.24, 2.45) is 5.10 Å². The van der Waals surface area contributed by atoms with Crippen molar-refractivity contribution in [1.29, 1.82) is 0 Å². The Bertz CT molecular complexity index is 1260. The molecule has 3 rings (SSSR count). The van der Waals surface area contributed by atoms with Gasteiger partial charge in [0.15, 0.2) is 0 Å². The number of aryl methyl sites for hydroxylation is 1. The highest BCUT2D eigenvalue weighted by Crippen LogP contribution is 2.22. The minimum absolute atomic E-state index is 0.0513. The lowest BCUT2D eigenvalue weighted by Crippen LogP contribution is -2.39. The molecule has 172 valence electrons. The molecule has 3 aromatic rings. The summed E-state index contributed by atoms with van der Waals surface area (Å²) in [6.07, 6.45) is 1.30. The van der Waals surface area contributed by atoms with E-state index in [0.29, 0.717) is 26.2 Å². The molecule has 0 saturated carbocycles. The van der Waals surface area contributed by atoms with Crippen LogP contribution in [0.25, 0.3) is 0 Å². The second-order valence-corrected chi connectivity index (χ2v) is 10.3. The molecule has 0 aliphatic carbocycles. The van der Waals surface area contributed by atoms with Gasteiger partial charge in [0.25, 0.3) is 5.91 Å². The minimum atomic E-state index is -3.98. The third-order valence-electron chi connectivity index (χ3n) is 4.61. The zero-order chi connectivity index (χ0) is 24.0. The molecule has 1 N–H and O–H groups in total. The van der Waals surface area contributed by atoms with Crippen LogP contribution in [0.4, 0.5) is 0 Å². The number of nitrogens with zero attached hydrogens (tertiary/aromatic N) is 2. The van der Waals surface area contributed by atoms with Crippen molar-refractivity contribution >= 4 is 56.9 Å². The first-order valence-electron chi connectivity index (χ1n) is 9.74. The largest absolute Gasteiger partial charge is 0.272 e. The van der Waals surface area contributed by atoms with Gasteiger partial charge in [-0.1, -0.05) is 70.7 Å². The molecule has 0 bridgehead atoms. The number of halogens is 3. The van der Waals surface area contributed by atoms with E-state index in [1.165, 1.54) is 18.3 Å². The second-order valence-electron chi connectivity index (χ2n) is 7.14. The highest BCUT2D eigenvalue weighted by Gasteiger charge is 2.27. The van der Waals surface area contributed by atoms with Crippen molar-refractivity contribution < 1.29 is 13.2 Å². The molecular formula is C23H20Cl3N3O3S. The summed E-state index contributed by atoms with van der Waals surface area (Å²) in [7, 11) is -3.98. The van der Waals surface area contributed by atoms with Crippen LogP contribution < -0.4 is 5.43 Å². The minimum Gasteiger partial charge on any atom is -0.272 e. The number of hydrazone groups is 1. The van der Waals surface area contributed by atoms with E-state index in [-0.39, 0.29) is 11.4 Å². The van der Waals surface area contributed by atoms with E-state index >= 15 is 0 Å². The van der Waals surface area contributed by atoms with Gasteiger partial charge in [-0.15, -0.1) is 0 Å². The molecule has 0 unspecified atom stereocenters. The van der Waals surface area contributed by atoms with E-state index < -0.39 is 22.5 Å². The molecule has 6 nitrogen and oxygen atoms in total. The molecule has 1 amide bonds. The standard InChI is InChI=1S/C23H20Cl3N3O3S/c1-16-8-10-19(11-9-16)33(31,32)29(14-17-4-2-5-18(24)12-17)15-23(30)28-27-13-20-21(25)6-3-7-22(20)26/h2-13H,14-15H2,1H3,(H,28,30)/b27-13-. The molecular weight excluding hydrogens is 505 g/mol. The summed E-state index contributed by atoms with van der Waals surface area (Å²) >= 11 is 18.2. The van der Waals surface area contributed by atoms with E-state index in [1.807, 2.05) is 6.92 Å². The van der Waals surface area contributed by atoms with Crippen LogP contribution in [-0.4, -0.2) is 31.4 Å². The van der Waals surface area contributed by atoms with Gasteiger partial charge < -0.3 is 0 Å². The first-order valence-corrected chi connectivity index (χ1v) is 12.3. The monoisotopic (exact) mass is 523 g/mol. The Hall–Kier alpha value is -2.42. The first kappa shape index (κ1) is 25.2. The fourth-order valence-corrected chi connectivity index (χ4v) is 5.01. The van der Waals surface area contributed by atoms with Crippen LogP contribution in [0.2, 0.25) is 15.1 Å². The molecule has 3 aromatic carbocycles. The number of amides is 1. The summed E-state index contributed by atoms with van der Waals surface area (Å²) in [6.45, 7) is 1.34. The summed E-state index contributed by atoms with van der Waals surface area (Å²) in [6, 6.07) is 18.1. The van der Waals surface area contributed by atoms with Gasteiger partial charge >= 0.3 is 0 Å². The van der Waals surface area contributed by atoms with Gasteiger partial charge in [-0.2, -0.15) is 9.41 Å². The Morgan fingerprint density at radius 3 is 2.27 bits per heavy atom. The lowest BCUT2D eigenvalue weighted by atomic mass is 10.2. The molecule has 0 heterocycles. The fraction of sp³-hybridized carbons (Fsp3) is 0.130. The summed E-state index contributed by atoms with van der Waals surface area (Å²) in [5.74, 6) is -0.632. The summed E-state index contributed by atoms with van der Waals surface area (Å²) in [5.41, 5.74) is 4.32. The second kappa shape index (κ2) is 11.1. The molecule has 0 saturated heterocycles. The predicted octanol–water partition coefficient (Wildman–Crippen LogP) is 5.30. The van der Waals surface area contributed by atoms with Gasteiger partial charge in [-0.3, -0.25) is 4.79 Å². The van der Waals surface area contributed by atoms with Crippen LogP contribution >= 0.6 is 34.8 Å². The Kier molecular flexibility index (Phi) is 8.51. The molecule has 0 aliphatic rings. The molecule has 33 heavy (non-hydrogen) atoms. The van der Waals surface area contributed by atoms with Crippen LogP contribution in [0.15, 0.2) is 76.7 Å². The Labute approximate surface area is 207 Å². The van der Waals surface area contributed by atoms with Crippen LogP contribution in [0.5, 0.6) is 0 Å². The Balaban J connectivity index is 1.82. The van der Waals surface area contributed by atoms with Gasteiger partial charge in [0, 0.05) is 17.1 Å². The van der Waals surface area contributed by atoms with E-state index in [1.54, 1.807) is 54.6 Å². The average Bonchev–Trinajstić information content (AvgIpc) is 2.76.